The Morgan fingerprint density at radius 2 is 0.714 bits per heavy atom. The predicted octanol–water partition coefficient (Wildman–Crippen LogP) is 19.0. The molecular formula is C68H45NS. The van der Waals surface area contributed by atoms with Crippen molar-refractivity contribution in [3.63, 3.8) is 0 Å². The van der Waals surface area contributed by atoms with Gasteiger partial charge in [-0.2, -0.15) is 0 Å². The van der Waals surface area contributed by atoms with Gasteiger partial charge in [-0.15, -0.1) is 11.3 Å². The number of fused-ring (bicyclic) bond motifs is 9. The molecule has 0 unspecified atom stereocenters. The maximum atomic E-state index is 2.77. The summed E-state index contributed by atoms with van der Waals surface area (Å²) < 4.78 is 2.59. The fourth-order valence-electron chi connectivity index (χ4n) is 11.7. The molecular weight excluding hydrogens is 863 g/mol. The fourth-order valence-corrected chi connectivity index (χ4v) is 12.9. The van der Waals surface area contributed by atoms with Crippen LogP contribution in [0.25, 0.3) is 98.1 Å². The summed E-state index contributed by atoms with van der Waals surface area (Å²) in [4.78, 5) is 2.77. The largest absolute Gasteiger partial charge is 0.308 e. The SMILES string of the molecule is c1ccc(-c2cc3c(c(N(c4ccccc4-c4cccc5sc6ccccc6c45)c4c5c(cc(-c6ccccc6)c4-c4ccccc4)-c4ccccc4C5)c2-c2ccccc2)Cc2ccccc2-3)cc1. The monoisotopic (exact) mass is 907 g/mol. The quantitative estimate of drug-likeness (QED) is 0.147. The first kappa shape index (κ1) is 40.5. The number of benzene rings is 11. The smallest absolute Gasteiger partial charge is 0.0588 e. The highest BCUT2D eigenvalue weighted by molar-refractivity contribution is 7.25. The molecule has 328 valence electrons. The lowest BCUT2D eigenvalue weighted by Gasteiger charge is -2.37. The summed E-state index contributed by atoms with van der Waals surface area (Å²) >= 11 is 1.88. The molecule has 11 aromatic carbocycles. The van der Waals surface area contributed by atoms with E-state index in [-0.39, 0.29) is 0 Å². The molecule has 0 amide bonds. The summed E-state index contributed by atoms with van der Waals surface area (Å²) in [5, 5.41) is 2.59. The first-order valence-corrected chi connectivity index (χ1v) is 25.2. The molecule has 2 aliphatic carbocycles. The van der Waals surface area contributed by atoms with Crippen LogP contribution in [0, 0.1) is 0 Å². The van der Waals surface area contributed by atoms with E-state index in [2.05, 4.69) is 254 Å². The molecule has 2 heteroatoms. The average molecular weight is 908 g/mol. The van der Waals surface area contributed by atoms with E-state index in [4.69, 9.17) is 0 Å². The molecule has 1 nitrogen and oxygen atoms in total. The molecule has 0 atom stereocenters. The number of hydrogen-bond acceptors (Lipinski definition) is 2. The molecule has 0 fully saturated rings. The van der Waals surface area contributed by atoms with Crippen molar-refractivity contribution < 1.29 is 0 Å². The molecule has 0 spiro atoms. The Kier molecular flexibility index (Phi) is 9.60. The third-order valence-electron chi connectivity index (χ3n) is 14.7. The Balaban J connectivity index is 1.22. The van der Waals surface area contributed by atoms with Crippen LogP contribution in [0.5, 0.6) is 0 Å². The van der Waals surface area contributed by atoms with Gasteiger partial charge in [-0.25, -0.2) is 0 Å². The van der Waals surface area contributed by atoms with Crippen LogP contribution in [0.3, 0.4) is 0 Å². The van der Waals surface area contributed by atoms with Gasteiger partial charge >= 0.3 is 0 Å². The van der Waals surface area contributed by atoms with Gasteiger partial charge < -0.3 is 4.90 Å². The van der Waals surface area contributed by atoms with Crippen molar-refractivity contribution >= 4 is 48.6 Å². The van der Waals surface area contributed by atoms with Gasteiger partial charge in [0.25, 0.3) is 0 Å². The Labute approximate surface area is 412 Å². The van der Waals surface area contributed by atoms with E-state index in [0.717, 1.165) is 18.5 Å². The van der Waals surface area contributed by atoms with Crippen LogP contribution in [0.15, 0.2) is 249 Å². The Hall–Kier alpha value is -8.56. The first-order valence-electron chi connectivity index (χ1n) is 24.3. The van der Waals surface area contributed by atoms with E-state index in [9.17, 15) is 0 Å². The molecule has 12 aromatic rings. The third-order valence-corrected chi connectivity index (χ3v) is 15.9. The fraction of sp³-hybridized carbons (Fsp3) is 0.0294. The second-order valence-electron chi connectivity index (χ2n) is 18.6. The molecule has 0 saturated heterocycles. The summed E-state index contributed by atoms with van der Waals surface area (Å²) in [7, 11) is 0. The van der Waals surface area contributed by atoms with Crippen molar-refractivity contribution in [2.75, 3.05) is 4.90 Å². The summed E-state index contributed by atoms with van der Waals surface area (Å²) in [6.45, 7) is 0. The van der Waals surface area contributed by atoms with Crippen molar-refractivity contribution in [3.8, 4) is 77.9 Å². The van der Waals surface area contributed by atoms with Crippen molar-refractivity contribution in [2.45, 2.75) is 12.8 Å². The van der Waals surface area contributed by atoms with Crippen LogP contribution in [-0.4, -0.2) is 0 Å². The van der Waals surface area contributed by atoms with Gasteiger partial charge in [0, 0.05) is 49.7 Å². The maximum absolute atomic E-state index is 2.77. The lowest BCUT2D eigenvalue weighted by atomic mass is 9.84. The zero-order valence-corrected chi connectivity index (χ0v) is 39.3. The minimum absolute atomic E-state index is 0.806. The van der Waals surface area contributed by atoms with E-state index in [0.29, 0.717) is 0 Å². The molecule has 0 bridgehead atoms. The normalized spacial score (nSPS) is 12.2. The van der Waals surface area contributed by atoms with E-state index >= 15 is 0 Å². The maximum Gasteiger partial charge on any atom is 0.0588 e. The molecule has 14 rings (SSSR count). The molecule has 1 aromatic heterocycles. The second kappa shape index (κ2) is 16.6. The van der Waals surface area contributed by atoms with Gasteiger partial charge in [-0.05, 0) is 114 Å². The van der Waals surface area contributed by atoms with Crippen molar-refractivity contribution in [2.24, 2.45) is 0 Å². The lowest BCUT2D eigenvalue weighted by molar-refractivity contribution is 1.17. The molecule has 2 aliphatic rings. The number of para-hydroxylation sites is 1. The van der Waals surface area contributed by atoms with E-state index in [1.165, 1.54) is 132 Å². The first-order chi connectivity index (χ1) is 34.8. The summed E-state index contributed by atoms with van der Waals surface area (Å²) in [5.41, 5.74) is 26.2. The zero-order chi connectivity index (χ0) is 46.1. The summed E-state index contributed by atoms with van der Waals surface area (Å²) in [6, 6.07) is 92.9. The minimum Gasteiger partial charge on any atom is -0.308 e. The Morgan fingerprint density at radius 3 is 1.26 bits per heavy atom. The van der Waals surface area contributed by atoms with Gasteiger partial charge in [0.2, 0.25) is 0 Å². The van der Waals surface area contributed by atoms with Gasteiger partial charge in [0.1, 0.15) is 0 Å². The molecule has 0 radical (unpaired) electrons. The van der Waals surface area contributed by atoms with E-state index in [1.807, 2.05) is 11.3 Å². The van der Waals surface area contributed by atoms with Crippen LogP contribution in [-0.2, 0) is 12.8 Å². The highest BCUT2D eigenvalue weighted by Crippen LogP contribution is 2.60. The Morgan fingerprint density at radius 1 is 0.300 bits per heavy atom. The molecule has 0 N–H and O–H groups in total. The van der Waals surface area contributed by atoms with E-state index < -0.39 is 0 Å². The highest BCUT2D eigenvalue weighted by Gasteiger charge is 2.37. The number of anilines is 3. The summed E-state index contributed by atoms with van der Waals surface area (Å²) in [6.07, 6.45) is 1.61. The van der Waals surface area contributed by atoms with Gasteiger partial charge in [-0.3, -0.25) is 0 Å². The molecule has 1 heterocycles. The highest BCUT2D eigenvalue weighted by atomic mass is 32.1. The van der Waals surface area contributed by atoms with Crippen LogP contribution in [0.4, 0.5) is 17.1 Å². The zero-order valence-electron chi connectivity index (χ0n) is 38.4. The van der Waals surface area contributed by atoms with Crippen LogP contribution in [0.1, 0.15) is 22.3 Å². The second-order valence-corrected chi connectivity index (χ2v) is 19.7. The predicted molar refractivity (Wildman–Crippen MR) is 298 cm³/mol. The Bertz CT molecular complexity index is 3800. The molecule has 0 aliphatic heterocycles. The lowest BCUT2D eigenvalue weighted by Crippen LogP contribution is -2.18. The van der Waals surface area contributed by atoms with Crippen molar-refractivity contribution in [1.82, 2.24) is 0 Å². The van der Waals surface area contributed by atoms with E-state index in [1.54, 1.807) is 0 Å². The molecule has 70 heavy (non-hydrogen) atoms. The van der Waals surface area contributed by atoms with Gasteiger partial charge in [-0.1, -0.05) is 218 Å². The average Bonchev–Trinajstić information content (AvgIpc) is 4.13. The van der Waals surface area contributed by atoms with Crippen molar-refractivity contribution in [3.05, 3.63) is 271 Å². The number of rotatable bonds is 8. The topological polar surface area (TPSA) is 3.24 Å². The standard InChI is InChI=1S/C68H45NS/c1-5-22-44(23-6-1)55-42-57-50-32-15-13-30-48(50)40-59(57)67(64(55)46-26-9-3-10-27-46)69(61-37-19-17-34-52(61)53-36-21-39-63-66(53)54-35-18-20-38-62(54)70-63)68-60-41-49-31-14-16-33-51(49)58(60)43-56(45-24-7-2-8-25-45)65(68)47-28-11-4-12-29-47/h1-39,42-43H,40-41H2. The van der Waals surface area contributed by atoms with Crippen LogP contribution < -0.4 is 4.90 Å². The van der Waals surface area contributed by atoms with Gasteiger partial charge in [0.15, 0.2) is 0 Å². The van der Waals surface area contributed by atoms with Gasteiger partial charge in [0.05, 0.1) is 17.1 Å². The molecule has 0 saturated carbocycles. The number of hydrogen-bond donors (Lipinski definition) is 0. The number of nitrogens with zero attached hydrogens (tertiary/aromatic N) is 1. The summed E-state index contributed by atoms with van der Waals surface area (Å²) in [5.74, 6) is 0. The van der Waals surface area contributed by atoms with Crippen molar-refractivity contribution in [1.29, 1.82) is 0 Å². The number of thiophene rings is 1. The third kappa shape index (κ3) is 6.45. The minimum atomic E-state index is 0.806. The van der Waals surface area contributed by atoms with Crippen LogP contribution in [0.2, 0.25) is 0 Å². The van der Waals surface area contributed by atoms with Crippen LogP contribution >= 0.6 is 11.3 Å².